The Morgan fingerprint density at radius 3 is 2.67 bits per heavy atom. The second-order valence-electron chi connectivity index (χ2n) is 5.02. The quantitative estimate of drug-likeness (QED) is 0.505. The smallest absolute Gasteiger partial charge is 0.277 e. The van der Waals surface area contributed by atoms with Crippen molar-refractivity contribution in [1.82, 2.24) is 10.2 Å². The Bertz CT molecular complexity index is 891. The van der Waals surface area contributed by atoms with Crippen LogP contribution in [-0.4, -0.2) is 21.2 Å². The van der Waals surface area contributed by atoms with Gasteiger partial charge in [-0.2, -0.15) is 0 Å². The molecule has 0 fully saturated rings. The number of halogens is 2. The minimum Gasteiger partial charge on any atom is -0.469 e. The summed E-state index contributed by atoms with van der Waals surface area (Å²) < 4.78 is 36.9. The highest BCUT2D eigenvalue weighted by atomic mass is 32.2. The molecule has 3 rings (SSSR count). The average molecular weight is 350 g/mol. The fourth-order valence-electron chi connectivity index (χ4n) is 2.06. The largest absolute Gasteiger partial charge is 0.469 e. The van der Waals surface area contributed by atoms with Crippen LogP contribution >= 0.6 is 11.8 Å². The maximum Gasteiger partial charge on any atom is 0.277 e. The summed E-state index contributed by atoms with van der Waals surface area (Å²) in [6, 6.07) is 4.74. The lowest BCUT2D eigenvalue weighted by molar-refractivity contribution is 0.0993. The fourth-order valence-corrected chi connectivity index (χ4v) is 2.82. The molecule has 2 aromatic heterocycles. The molecule has 0 spiro atoms. The third-order valence-corrected chi connectivity index (χ3v) is 4.28. The molecule has 0 radical (unpaired) electrons. The zero-order valence-electron chi connectivity index (χ0n) is 12.7. The first-order valence-corrected chi connectivity index (χ1v) is 7.87. The van der Waals surface area contributed by atoms with Crippen LogP contribution in [0.15, 0.2) is 44.6 Å². The van der Waals surface area contributed by atoms with E-state index in [-0.39, 0.29) is 22.5 Å². The topological polar surface area (TPSA) is 69.1 Å². The minimum atomic E-state index is -1.06. The van der Waals surface area contributed by atoms with Crippen molar-refractivity contribution in [2.24, 2.45) is 0 Å². The second-order valence-corrected chi connectivity index (χ2v) is 6.31. The number of aromatic nitrogens is 2. The zero-order valence-corrected chi connectivity index (χ0v) is 13.6. The van der Waals surface area contributed by atoms with E-state index in [1.54, 1.807) is 19.9 Å². The lowest BCUT2D eigenvalue weighted by atomic mass is 10.1. The maximum absolute atomic E-state index is 13.2. The highest BCUT2D eigenvalue weighted by Crippen LogP contribution is 2.29. The maximum atomic E-state index is 13.2. The van der Waals surface area contributed by atoms with Gasteiger partial charge in [0.15, 0.2) is 17.4 Å². The van der Waals surface area contributed by atoms with Crippen molar-refractivity contribution in [2.45, 2.75) is 24.3 Å². The average Bonchev–Trinajstić information content (AvgIpc) is 3.18. The van der Waals surface area contributed by atoms with Crippen LogP contribution in [0.3, 0.4) is 0 Å². The van der Waals surface area contributed by atoms with E-state index >= 15 is 0 Å². The number of benzene rings is 1. The number of furan rings is 1. The van der Waals surface area contributed by atoms with E-state index in [1.807, 2.05) is 0 Å². The number of aryl methyl sites for hydroxylation is 1. The summed E-state index contributed by atoms with van der Waals surface area (Å²) in [4.78, 5) is 12.3. The predicted molar refractivity (Wildman–Crippen MR) is 82.7 cm³/mol. The molecule has 124 valence electrons. The Labute approximate surface area is 140 Å². The molecule has 0 aliphatic rings. The molecular weight excluding hydrogens is 338 g/mol. The highest BCUT2D eigenvalue weighted by Gasteiger charge is 2.21. The molecule has 0 aliphatic heterocycles. The monoisotopic (exact) mass is 350 g/mol. The molecule has 0 N–H and O–H groups in total. The third-order valence-electron chi connectivity index (χ3n) is 3.35. The number of carbonyl (C=O) groups excluding carboxylic acids is 1. The van der Waals surface area contributed by atoms with Gasteiger partial charge < -0.3 is 8.83 Å². The van der Waals surface area contributed by atoms with Crippen LogP contribution in [0.2, 0.25) is 0 Å². The summed E-state index contributed by atoms with van der Waals surface area (Å²) in [5.74, 6) is -1.49. The van der Waals surface area contributed by atoms with E-state index < -0.39 is 16.9 Å². The minimum absolute atomic E-state index is 0.0827. The molecule has 0 bridgehead atoms. The number of carbonyl (C=O) groups is 1. The summed E-state index contributed by atoms with van der Waals surface area (Å²) in [6.07, 6.45) is 1.51. The number of nitrogens with zero attached hydrogens (tertiary/aromatic N) is 2. The predicted octanol–water partition coefficient (Wildman–Crippen LogP) is 4.28. The van der Waals surface area contributed by atoms with E-state index in [4.69, 9.17) is 8.83 Å². The van der Waals surface area contributed by atoms with Crippen molar-refractivity contribution in [3.63, 3.8) is 0 Å². The first-order valence-electron chi connectivity index (χ1n) is 6.99. The van der Waals surface area contributed by atoms with Crippen LogP contribution in [0.25, 0.3) is 11.5 Å². The summed E-state index contributed by atoms with van der Waals surface area (Å²) in [7, 11) is 0. The van der Waals surface area contributed by atoms with Crippen molar-refractivity contribution in [3.05, 3.63) is 53.5 Å². The molecule has 1 aromatic carbocycles. The lowest BCUT2D eigenvalue weighted by Crippen LogP contribution is -2.14. The number of hydrogen-bond donors (Lipinski definition) is 0. The molecule has 1 atom stereocenters. The summed E-state index contributed by atoms with van der Waals surface area (Å²) >= 11 is 1.04. The Morgan fingerprint density at radius 1 is 1.21 bits per heavy atom. The van der Waals surface area contributed by atoms with Gasteiger partial charge in [0.1, 0.15) is 5.76 Å². The first-order chi connectivity index (χ1) is 11.5. The van der Waals surface area contributed by atoms with Gasteiger partial charge in [0.2, 0.25) is 0 Å². The number of ketones is 1. The molecule has 2 heterocycles. The van der Waals surface area contributed by atoms with Gasteiger partial charge in [0.05, 0.1) is 17.1 Å². The van der Waals surface area contributed by atoms with Crippen molar-refractivity contribution >= 4 is 17.5 Å². The first kappa shape index (κ1) is 16.4. The van der Waals surface area contributed by atoms with Crippen molar-refractivity contribution in [3.8, 4) is 11.5 Å². The van der Waals surface area contributed by atoms with Gasteiger partial charge in [-0.25, -0.2) is 8.78 Å². The molecule has 0 unspecified atom stereocenters. The molecule has 24 heavy (non-hydrogen) atoms. The van der Waals surface area contributed by atoms with Crippen LogP contribution in [0, 0.1) is 18.6 Å². The molecule has 0 saturated carbocycles. The van der Waals surface area contributed by atoms with Crippen molar-refractivity contribution < 1.29 is 22.4 Å². The van der Waals surface area contributed by atoms with Crippen LogP contribution in [0.4, 0.5) is 8.78 Å². The molecule has 8 heteroatoms. The van der Waals surface area contributed by atoms with Gasteiger partial charge in [-0.3, -0.25) is 4.79 Å². The normalized spacial score (nSPS) is 12.3. The Kier molecular flexibility index (Phi) is 4.48. The molecule has 0 aliphatic carbocycles. The second kappa shape index (κ2) is 6.56. The van der Waals surface area contributed by atoms with Crippen LogP contribution < -0.4 is 0 Å². The molecular formula is C16H12F2N2O3S. The van der Waals surface area contributed by atoms with Gasteiger partial charge in [0, 0.05) is 5.56 Å². The van der Waals surface area contributed by atoms with E-state index in [9.17, 15) is 13.6 Å². The number of hydrogen-bond acceptors (Lipinski definition) is 6. The Morgan fingerprint density at radius 2 is 2.00 bits per heavy atom. The van der Waals surface area contributed by atoms with Gasteiger partial charge >= 0.3 is 0 Å². The van der Waals surface area contributed by atoms with Gasteiger partial charge in [-0.1, -0.05) is 11.8 Å². The highest BCUT2D eigenvalue weighted by molar-refractivity contribution is 8.00. The lowest BCUT2D eigenvalue weighted by Gasteiger charge is -2.07. The fraction of sp³-hybridized carbons (Fsp3) is 0.188. The van der Waals surface area contributed by atoms with E-state index in [0.717, 1.165) is 23.9 Å². The Hall–Kier alpha value is -2.48. The van der Waals surface area contributed by atoms with E-state index in [2.05, 4.69) is 10.2 Å². The third kappa shape index (κ3) is 3.23. The summed E-state index contributed by atoms with van der Waals surface area (Å²) in [5, 5.41) is 7.39. The Balaban J connectivity index is 1.74. The molecule has 5 nitrogen and oxygen atoms in total. The zero-order chi connectivity index (χ0) is 17.3. The number of Topliss-reactive ketones (excluding diaryl/α,β-unsaturated/α-hetero) is 1. The van der Waals surface area contributed by atoms with Gasteiger partial charge in [-0.05, 0) is 38.1 Å². The van der Waals surface area contributed by atoms with E-state index in [0.29, 0.717) is 11.3 Å². The van der Waals surface area contributed by atoms with E-state index in [1.165, 1.54) is 12.3 Å². The van der Waals surface area contributed by atoms with Crippen LogP contribution in [-0.2, 0) is 0 Å². The number of rotatable bonds is 5. The summed E-state index contributed by atoms with van der Waals surface area (Å²) in [6.45, 7) is 3.39. The standard InChI is InChI=1S/C16H12F2N2O3S/c1-8-11(5-6-22-8)15-19-20-16(23-15)24-9(2)14(21)10-3-4-12(17)13(18)7-10/h3-7,9H,1-2H3/t9-/m1/s1. The molecule has 0 amide bonds. The van der Waals surface area contributed by atoms with Gasteiger partial charge in [0.25, 0.3) is 11.1 Å². The summed E-state index contributed by atoms with van der Waals surface area (Å²) in [5.41, 5.74) is 0.758. The van der Waals surface area contributed by atoms with Gasteiger partial charge in [-0.15, -0.1) is 10.2 Å². The van der Waals surface area contributed by atoms with Crippen molar-refractivity contribution in [1.29, 1.82) is 0 Å². The van der Waals surface area contributed by atoms with Crippen molar-refractivity contribution in [2.75, 3.05) is 0 Å². The van der Waals surface area contributed by atoms with Crippen LogP contribution in [0.5, 0.6) is 0 Å². The SMILES string of the molecule is Cc1occc1-c1nnc(S[C@H](C)C(=O)c2ccc(F)c(F)c2)o1. The number of thioether (sulfide) groups is 1. The molecule has 0 saturated heterocycles. The molecule has 3 aromatic rings. The van der Waals surface area contributed by atoms with Crippen LogP contribution in [0.1, 0.15) is 23.0 Å².